The number of anilines is 1. The van der Waals surface area contributed by atoms with E-state index in [1.54, 1.807) is 6.20 Å². The molecule has 1 fully saturated rings. The average Bonchev–Trinajstić information content (AvgIpc) is 2.81. The molecule has 0 spiro atoms. The molecule has 2 rings (SSSR count). The summed E-state index contributed by atoms with van der Waals surface area (Å²) in [6.07, 6.45) is 4.74. The van der Waals surface area contributed by atoms with E-state index in [0.29, 0.717) is 12.6 Å². The maximum Gasteiger partial charge on any atom is 0.0670 e. The lowest BCUT2D eigenvalue weighted by Gasteiger charge is -2.26. The average molecular weight is 207 g/mol. The normalized spacial score (nSPS) is 20.5. The van der Waals surface area contributed by atoms with Crippen LogP contribution in [0.5, 0.6) is 0 Å². The van der Waals surface area contributed by atoms with E-state index >= 15 is 0 Å². The van der Waals surface area contributed by atoms with Gasteiger partial charge in [0.25, 0.3) is 0 Å². The van der Waals surface area contributed by atoms with Crippen LogP contribution in [0, 0.1) is 0 Å². The first-order valence-electron chi connectivity index (χ1n) is 5.26. The first kappa shape index (κ1) is 10.4. The molecule has 1 aliphatic rings. The molecule has 0 aromatic carbocycles. The van der Waals surface area contributed by atoms with Gasteiger partial charge in [0.1, 0.15) is 0 Å². The molecule has 1 atom stereocenters. The quantitative estimate of drug-likeness (QED) is 0.795. The van der Waals surface area contributed by atoms with E-state index in [9.17, 15) is 0 Å². The van der Waals surface area contributed by atoms with Gasteiger partial charge in [-0.25, -0.2) is 0 Å². The number of nitrogens with two attached hydrogens (primary N) is 1. The van der Waals surface area contributed by atoms with E-state index in [4.69, 9.17) is 10.5 Å². The van der Waals surface area contributed by atoms with Gasteiger partial charge in [-0.3, -0.25) is 4.98 Å². The summed E-state index contributed by atoms with van der Waals surface area (Å²) in [7, 11) is 2.08. The summed E-state index contributed by atoms with van der Waals surface area (Å²) in [5, 5.41) is 0. The summed E-state index contributed by atoms with van der Waals surface area (Å²) in [5.74, 6) is 0. The summed E-state index contributed by atoms with van der Waals surface area (Å²) in [6, 6.07) is 2.43. The van der Waals surface area contributed by atoms with Crippen LogP contribution in [0.2, 0.25) is 0 Å². The maximum atomic E-state index is 5.70. The largest absolute Gasteiger partial charge is 0.379 e. The predicted octanol–water partition coefficient (Wildman–Crippen LogP) is 0.765. The minimum Gasteiger partial charge on any atom is -0.379 e. The third kappa shape index (κ3) is 2.11. The molecular formula is C11H17N3O. The highest BCUT2D eigenvalue weighted by atomic mass is 16.5. The number of aromatic nitrogens is 1. The molecule has 0 bridgehead atoms. The molecule has 0 saturated carbocycles. The standard InChI is InChI=1S/C11H17N3O/c1-14(10-3-5-15-8-10)11-7-13-4-2-9(11)6-12/h2,4,7,10H,3,5-6,8,12H2,1H3. The number of ether oxygens (including phenoxy) is 1. The van der Waals surface area contributed by atoms with Crippen LogP contribution in [-0.4, -0.2) is 31.3 Å². The Bertz CT molecular complexity index is 323. The van der Waals surface area contributed by atoms with Crippen molar-refractivity contribution in [3.63, 3.8) is 0 Å². The van der Waals surface area contributed by atoms with Gasteiger partial charge in [0, 0.05) is 26.4 Å². The lowest BCUT2D eigenvalue weighted by molar-refractivity contribution is 0.193. The van der Waals surface area contributed by atoms with E-state index in [2.05, 4.69) is 16.9 Å². The van der Waals surface area contributed by atoms with Gasteiger partial charge in [0.15, 0.2) is 0 Å². The van der Waals surface area contributed by atoms with Gasteiger partial charge in [-0.15, -0.1) is 0 Å². The second-order valence-corrected chi connectivity index (χ2v) is 3.84. The molecular weight excluding hydrogens is 190 g/mol. The van der Waals surface area contributed by atoms with E-state index in [1.807, 2.05) is 12.3 Å². The van der Waals surface area contributed by atoms with Gasteiger partial charge in [-0.2, -0.15) is 0 Å². The molecule has 1 aliphatic heterocycles. The Hall–Kier alpha value is -1.13. The fraction of sp³-hybridized carbons (Fsp3) is 0.545. The lowest BCUT2D eigenvalue weighted by Crippen LogP contribution is -2.32. The molecule has 15 heavy (non-hydrogen) atoms. The van der Waals surface area contributed by atoms with E-state index in [1.165, 1.54) is 0 Å². The Kier molecular flexibility index (Phi) is 3.18. The van der Waals surface area contributed by atoms with Crippen LogP contribution in [0.25, 0.3) is 0 Å². The SMILES string of the molecule is CN(c1cnccc1CN)C1CCOC1. The Morgan fingerprint density at radius 2 is 2.53 bits per heavy atom. The van der Waals surface area contributed by atoms with Crippen LogP contribution >= 0.6 is 0 Å². The summed E-state index contributed by atoms with van der Waals surface area (Å²) >= 11 is 0. The zero-order valence-electron chi connectivity index (χ0n) is 9.02. The zero-order valence-corrected chi connectivity index (χ0v) is 9.02. The van der Waals surface area contributed by atoms with Crippen LogP contribution in [0.4, 0.5) is 5.69 Å². The van der Waals surface area contributed by atoms with Gasteiger partial charge >= 0.3 is 0 Å². The molecule has 0 amide bonds. The smallest absolute Gasteiger partial charge is 0.0670 e. The minimum atomic E-state index is 0.458. The summed E-state index contributed by atoms with van der Waals surface area (Å²) < 4.78 is 5.38. The highest BCUT2D eigenvalue weighted by molar-refractivity contribution is 5.51. The first-order valence-corrected chi connectivity index (χ1v) is 5.26. The van der Waals surface area contributed by atoms with Gasteiger partial charge in [0.2, 0.25) is 0 Å². The van der Waals surface area contributed by atoms with Crippen molar-refractivity contribution in [1.82, 2.24) is 4.98 Å². The van der Waals surface area contributed by atoms with Crippen molar-refractivity contribution in [2.75, 3.05) is 25.2 Å². The lowest BCUT2D eigenvalue weighted by atomic mass is 10.1. The molecule has 82 valence electrons. The van der Waals surface area contributed by atoms with Crippen molar-refractivity contribution in [2.45, 2.75) is 19.0 Å². The molecule has 2 heterocycles. The Labute approximate surface area is 90.0 Å². The fourth-order valence-electron chi connectivity index (χ4n) is 1.93. The van der Waals surface area contributed by atoms with Crippen molar-refractivity contribution in [3.8, 4) is 0 Å². The molecule has 1 saturated heterocycles. The van der Waals surface area contributed by atoms with Gasteiger partial charge in [-0.1, -0.05) is 0 Å². The van der Waals surface area contributed by atoms with E-state index in [0.717, 1.165) is 30.9 Å². The van der Waals surface area contributed by atoms with Crippen LogP contribution < -0.4 is 10.6 Å². The topological polar surface area (TPSA) is 51.4 Å². The number of likely N-dealkylation sites (N-methyl/N-ethyl adjacent to an activating group) is 1. The third-order valence-electron chi connectivity index (χ3n) is 2.94. The highest BCUT2D eigenvalue weighted by Gasteiger charge is 2.21. The Balaban J connectivity index is 2.19. The van der Waals surface area contributed by atoms with Crippen molar-refractivity contribution >= 4 is 5.69 Å². The molecule has 4 nitrogen and oxygen atoms in total. The van der Waals surface area contributed by atoms with Crippen LogP contribution in [0.15, 0.2) is 18.5 Å². The van der Waals surface area contributed by atoms with E-state index < -0.39 is 0 Å². The van der Waals surface area contributed by atoms with Gasteiger partial charge in [0.05, 0.1) is 24.5 Å². The van der Waals surface area contributed by atoms with Crippen LogP contribution in [0.1, 0.15) is 12.0 Å². The number of pyridine rings is 1. The third-order valence-corrected chi connectivity index (χ3v) is 2.94. The molecule has 4 heteroatoms. The summed E-state index contributed by atoms with van der Waals surface area (Å²) in [6.45, 7) is 2.21. The maximum absolute atomic E-state index is 5.70. The van der Waals surface area contributed by atoms with Crippen LogP contribution in [0.3, 0.4) is 0 Å². The Morgan fingerprint density at radius 1 is 1.67 bits per heavy atom. The number of rotatable bonds is 3. The molecule has 0 aliphatic carbocycles. The monoisotopic (exact) mass is 207 g/mol. The fourth-order valence-corrected chi connectivity index (χ4v) is 1.93. The zero-order chi connectivity index (χ0) is 10.7. The van der Waals surface area contributed by atoms with E-state index in [-0.39, 0.29) is 0 Å². The number of hydrogen-bond acceptors (Lipinski definition) is 4. The second-order valence-electron chi connectivity index (χ2n) is 3.84. The minimum absolute atomic E-state index is 0.458. The van der Waals surface area contributed by atoms with Gasteiger partial charge in [-0.05, 0) is 18.1 Å². The van der Waals surface area contributed by atoms with Crippen molar-refractivity contribution < 1.29 is 4.74 Å². The van der Waals surface area contributed by atoms with Crippen molar-refractivity contribution in [3.05, 3.63) is 24.0 Å². The first-order chi connectivity index (χ1) is 7.33. The molecule has 1 aromatic rings. The van der Waals surface area contributed by atoms with Crippen molar-refractivity contribution in [2.24, 2.45) is 5.73 Å². The molecule has 2 N–H and O–H groups in total. The number of nitrogens with zero attached hydrogens (tertiary/aromatic N) is 2. The Morgan fingerprint density at radius 3 is 3.20 bits per heavy atom. The molecule has 0 radical (unpaired) electrons. The number of hydrogen-bond donors (Lipinski definition) is 1. The van der Waals surface area contributed by atoms with Gasteiger partial charge < -0.3 is 15.4 Å². The highest BCUT2D eigenvalue weighted by Crippen LogP contribution is 2.22. The summed E-state index contributed by atoms with van der Waals surface area (Å²) in [5.41, 5.74) is 7.96. The summed E-state index contributed by atoms with van der Waals surface area (Å²) in [4.78, 5) is 6.37. The molecule has 1 unspecified atom stereocenters. The molecule has 1 aromatic heterocycles. The predicted molar refractivity (Wildman–Crippen MR) is 59.8 cm³/mol. The second kappa shape index (κ2) is 4.59. The van der Waals surface area contributed by atoms with Crippen molar-refractivity contribution in [1.29, 1.82) is 0 Å². The van der Waals surface area contributed by atoms with Crippen LogP contribution in [-0.2, 0) is 11.3 Å².